The normalized spacial score (nSPS) is 14.7. The molecule has 0 spiro atoms. The van der Waals surface area contributed by atoms with E-state index in [1.165, 1.54) is 38.9 Å². The molecule has 0 radical (unpaired) electrons. The van der Waals surface area contributed by atoms with Gasteiger partial charge >= 0.3 is 0 Å². The zero-order valence-corrected chi connectivity index (χ0v) is 15.7. The molecule has 0 fully saturated rings. The smallest absolute Gasteiger partial charge is 0.233 e. The van der Waals surface area contributed by atoms with Crippen LogP contribution in [0.2, 0.25) is 0 Å². The number of nitrogens with zero attached hydrogens (tertiary/aromatic N) is 2. The Bertz CT molecular complexity index is 873. The quantitative estimate of drug-likeness (QED) is 0.540. The highest BCUT2D eigenvalue weighted by molar-refractivity contribution is 8.00. The lowest BCUT2D eigenvalue weighted by Gasteiger charge is -2.12. The van der Waals surface area contributed by atoms with Crippen molar-refractivity contribution in [2.45, 2.75) is 43.0 Å². The first kappa shape index (κ1) is 16.1. The summed E-state index contributed by atoms with van der Waals surface area (Å²) in [5.41, 5.74) is 1.41. The molecule has 24 heavy (non-hydrogen) atoms. The fraction of sp³-hybridized carbons (Fsp3) is 0.353. The van der Waals surface area contributed by atoms with Crippen LogP contribution in [0, 0.1) is 0 Å². The molecule has 3 aromatic heterocycles. The standard InChI is InChI=1S/C17H17N3OS3/c1-10(15(21)18-8-11-4-3-7-22-11)23-16-14-12-5-2-6-13(12)24-17(14)20-9-19-16/h3-4,7,9-10H,2,5-6,8H2,1H3,(H,18,21)/t10-/m0/s1. The van der Waals surface area contributed by atoms with Gasteiger partial charge < -0.3 is 5.32 Å². The minimum Gasteiger partial charge on any atom is -0.350 e. The van der Waals surface area contributed by atoms with Gasteiger partial charge in [0.1, 0.15) is 16.2 Å². The van der Waals surface area contributed by atoms with Crippen molar-refractivity contribution in [1.82, 2.24) is 15.3 Å². The number of carbonyl (C=O) groups is 1. The third kappa shape index (κ3) is 3.08. The summed E-state index contributed by atoms with van der Waals surface area (Å²) in [6, 6.07) is 4.03. The zero-order chi connectivity index (χ0) is 16.5. The maximum Gasteiger partial charge on any atom is 0.233 e. The van der Waals surface area contributed by atoms with Gasteiger partial charge in [0.25, 0.3) is 0 Å². The molecule has 124 valence electrons. The summed E-state index contributed by atoms with van der Waals surface area (Å²) in [4.78, 5) is 24.9. The molecular formula is C17H17N3OS3. The van der Waals surface area contributed by atoms with Crippen LogP contribution in [-0.4, -0.2) is 21.1 Å². The van der Waals surface area contributed by atoms with Crippen LogP contribution in [0.5, 0.6) is 0 Å². The molecule has 4 nitrogen and oxygen atoms in total. The second-order valence-electron chi connectivity index (χ2n) is 5.77. The van der Waals surface area contributed by atoms with Crippen LogP contribution >= 0.6 is 34.4 Å². The Morgan fingerprint density at radius 3 is 3.17 bits per heavy atom. The molecule has 1 atom stereocenters. The fourth-order valence-electron chi connectivity index (χ4n) is 2.94. The molecule has 1 aliphatic rings. The number of aryl methyl sites for hydroxylation is 2. The van der Waals surface area contributed by atoms with Gasteiger partial charge in [0.2, 0.25) is 5.91 Å². The molecule has 4 rings (SSSR count). The van der Waals surface area contributed by atoms with E-state index in [0.29, 0.717) is 6.54 Å². The number of thioether (sulfide) groups is 1. The molecule has 1 N–H and O–H groups in total. The Morgan fingerprint density at radius 2 is 2.33 bits per heavy atom. The van der Waals surface area contributed by atoms with E-state index in [-0.39, 0.29) is 11.2 Å². The van der Waals surface area contributed by atoms with Crippen molar-refractivity contribution in [1.29, 1.82) is 0 Å². The van der Waals surface area contributed by atoms with Crippen molar-refractivity contribution in [2.75, 3.05) is 0 Å². The van der Waals surface area contributed by atoms with Gasteiger partial charge in [-0.15, -0.1) is 22.7 Å². The van der Waals surface area contributed by atoms with Crippen LogP contribution in [0.1, 0.15) is 28.7 Å². The van der Waals surface area contributed by atoms with E-state index in [0.717, 1.165) is 22.7 Å². The van der Waals surface area contributed by atoms with Crippen molar-refractivity contribution in [3.05, 3.63) is 39.2 Å². The molecule has 0 aliphatic heterocycles. The number of carbonyl (C=O) groups excluding carboxylic acids is 1. The fourth-order valence-corrected chi connectivity index (χ4v) is 5.85. The number of thiophene rings is 2. The van der Waals surface area contributed by atoms with E-state index < -0.39 is 0 Å². The summed E-state index contributed by atoms with van der Waals surface area (Å²) in [6.07, 6.45) is 5.09. The van der Waals surface area contributed by atoms with Gasteiger partial charge in [0.05, 0.1) is 11.8 Å². The first-order valence-electron chi connectivity index (χ1n) is 7.94. The number of amides is 1. The molecular weight excluding hydrogens is 358 g/mol. The zero-order valence-electron chi connectivity index (χ0n) is 13.2. The lowest BCUT2D eigenvalue weighted by atomic mass is 10.2. The van der Waals surface area contributed by atoms with Crippen LogP contribution in [0.4, 0.5) is 0 Å². The summed E-state index contributed by atoms with van der Waals surface area (Å²) in [5.74, 6) is 0.0482. The van der Waals surface area contributed by atoms with Crippen molar-refractivity contribution >= 4 is 50.6 Å². The van der Waals surface area contributed by atoms with Gasteiger partial charge in [0.15, 0.2) is 0 Å². The van der Waals surface area contributed by atoms with Crippen LogP contribution in [-0.2, 0) is 24.2 Å². The molecule has 1 amide bonds. The monoisotopic (exact) mass is 375 g/mol. The maximum absolute atomic E-state index is 12.4. The van der Waals surface area contributed by atoms with Gasteiger partial charge in [-0.2, -0.15) is 0 Å². The number of fused-ring (bicyclic) bond motifs is 3. The first-order chi connectivity index (χ1) is 11.7. The Labute approximate surface area is 152 Å². The van der Waals surface area contributed by atoms with Gasteiger partial charge in [0, 0.05) is 15.1 Å². The Balaban J connectivity index is 1.50. The molecule has 3 aromatic rings. The highest BCUT2D eigenvalue weighted by Gasteiger charge is 2.23. The lowest BCUT2D eigenvalue weighted by Crippen LogP contribution is -2.30. The van der Waals surface area contributed by atoms with Gasteiger partial charge in [-0.3, -0.25) is 4.79 Å². The van der Waals surface area contributed by atoms with E-state index in [1.54, 1.807) is 29.0 Å². The summed E-state index contributed by atoms with van der Waals surface area (Å²) in [6.45, 7) is 2.53. The van der Waals surface area contributed by atoms with Crippen molar-refractivity contribution in [3.8, 4) is 0 Å². The van der Waals surface area contributed by atoms with Gasteiger partial charge in [-0.1, -0.05) is 17.8 Å². The van der Waals surface area contributed by atoms with Crippen LogP contribution < -0.4 is 5.32 Å². The van der Waals surface area contributed by atoms with Crippen LogP contribution in [0.25, 0.3) is 10.2 Å². The Kier molecular flexibility index (Phi) is 4.56. The minimum absolute atomic E-state index is 0.0482. The molecule has 0 saturated heterocycles. The summed E-state index contributed by atoms with van der Waals surface area (Å²) < 4.78 is 0. The Hall–Kier alpha value is -1.44. The molecule has 1 aliphatic carbocycles. The Morgan fingerprint density at radius 1 is 1.42 bits per heavy atom. The third-order valence-corrected chi connectivity index (χ3v) is 7.32. The second kappa shape index (κ2) is 6.82. The number of hydrogen-bond acceptors (Lipinski definition) is 6. The summed E-state index contributed by atoms with van der Waals surface area (Å²) in [5, 5.41) is 6.97. The highest BCUT2D eigenvalue weighted by Crippen LogP contribution is 2.40. The van der Waals surface area contributed by atoms with Crippen LogP contribution in [0.3, 0.4) is 0 Å². The lowest BCUT2D eigenvalue weighted by molar-refractivity contribution is -0.120. The predicted octanol–water partition coefficient (Wildman–Crippen LogP) is 4.04. The van der Waals surface area contributed by atoms with Gasteiger partial charge in [-0.25, -0.2) is 9.97 Å². The maximum atomic E-state index is 12.4. The molecule has 0 aromatic carbocycles. The number of rotatable bonds is 5. The van der Waals surface area contributed by atoms with Crippen molar-refractivity contribution in [3.63, 3.8) is 0 Å². The average molecular weight is 376 g/mol. The van der Waals surface area contributed by atoms with E-state index >= 15 is 0 Å². The summed E-state index contributed by atoms with van der Waals surface area (Å²) in [7, 11) is 0. The number of hydrogen-bond donors (Lipinski definition) is 1. The molecule has 3 heterocycles. The topological polar surface area (TPSA) is 54.9 Å². The largest absolute Gasteiger partial charge is 0.350 e. The SMILES string of the molecule is C[C@H](Sc1ncnc2sc3c(c12)CCC3)C(=O)NCc1cccs1. The minimum atomic E-state index is -0.181. The third-order valence-electron chi connectivity index (χ3n) is 4.14. The van der Waals surface area contributed by atoms with Crippen LogP contribution in [0.15, 0.2) is 28.9 Å². The molecule has 0 unspecified atom stereocenters. The number of aromatic nitrogens is 2. The van der Waals surface area contributed by atoms with Gasteiger partial charge in [-0.05, 0) is 43.2 Å². The molecule has 0 bridgehead atoms. The van der Waals surface area contributed by atoms with E-state index in [9.17, 15) is 4.79 Å². The van der Waals surface area contributed by atoms with Crippen molar-refractivity contribution in [2.24, 2.45) is 0 Å². The van der Waals surface area contributed by atoms with E-state index in [1.807, 2.05) is 24.4 Å². The molecule has 0 saturated carbocycles. The first-order valence-corrected chi connectivity index (χ1v) is 10.5. The number of nitrogens with one attached hydrogen (secondary N) is 1. The highest BCUT2D eigenvalue weighted by atomic mass is 32.2. The summed E-state index contributed by atoms with van der Waals surface area (Å²) >= 11 is 4.97. The molecule has 7 heteroatoms. The van der Waals surface area contributed by atoms with Crippen molar-refractivity contribution < 1.29 is 4.79 Å². The predicted molar refractivity (Wildman–Crippen MR) is 101 cm³/mol. The van der Waals surface area contributed by atoms with E-state index in [4.69, 9.17) is 0 Å². The van der Waals surface area contributed by atoms with E-state index in [2.05, 4.69) is 15.3 Å². The second-order valence-corrected chi connectivity index (χ2v) is 9.22. The average Bonchev–Trinajstić information content (AvgIpc) is 3.29.